The average molecular weight is 957 g/mol. The Labute approximate surface area is 368 Å². The summed E-state index contributed by atoms with van der Waals surface area (Å²) in [6.07, 6.45) is 13.5. The summed E-state index contributed by atoms with van der Waals surface area (Å²) in [5, 5.41) is 21.1. The number of benzene rings is 2. The van der Waals surface area contributed by atoms with Gasteiger partial charge in [-0.2, -0.15) is 4.37 Å². The van der Waals surface area contributed by atoms with Gasteiger partial charge in [0, 0.05) is 55.7 Å². The number of hydrogen-bond donors (Lipinski definition) is 3. The quantitative estimate of drug-likeness (QED) is 0.0498. The number of terminal acetylenes is 1. The lowest BCUT2D eigenvalue weighted by Crippen LogP contribution is -2.39. The molecule has 3 aliphatic rings. The third-order valence-corrected chi connectivity index (χ3v) is 11.1. The van der Waals surface area contributed by atoms with Crippen molar-refractivity contribution in [2.75, 3.05) is 55.9 Å². The number of Topliss-reactive ketones (excluding diaryl/α,β-unsaturated/α-hetero) is 3. The van der Waals surface area contributed by atoms with E-state index in [1.165, 1.54) is 28.6 Å². The summed E-state index contributed by atoms with van der Waals surface area (Å²) in [6.45, 7) is 4.57. The molecule has 1 unspecified atom stereocenters. The zero-order chi connectivity index (χ0) is 47.6. The maximum absolute atomic E-state index is 14.5. The van der Waals surface area contributed by atoms with E-state index in [-0.39, 0.29) is 47.9 Å². The maximum atomic E-state index is 14.5. The summed E-state index contributed by atoms with van der Waals surface area (Å²) in [7, 11) is -7.40. The topological polar surface area (TPSA) is 298 Å². The molecule has 1 atom stereocenters. The molecule has 1 aromatic heterocycles. The number of aromatic nitrogens is 2. The molecule has 0 radical (unpaired) electrons. The molecule has 20 nitrogen and oxygen atoms in total. The molecule has 1 aliphatic carbocycles. The van der Waals surface area contributed by atoms with E-state index in [9.17, 15) is 56.4 Å². The van der Waals surface area contributed by atoms with E-state index in [1.54, 1.807) is 0 Å². The monoisotopic (exact) mass is 956 g/mol. The second kappa shape index (κ2) is 22.0. The number of sulfone groups is 1. The van der Waals surface area contributed by atoms with E-state index < -0.39 is 81.5 Å². The molecule has 1 saturated carbocycles. The predicted octanol–water partition coefficient (Wildman–Crippen LogP) is 2.03. The number of aliphatic carboxylic acids is 1. The Morgan fingerprint density at radius 3 is 2.35 bits per heavy atom. The number of nitro benzene ring substituents is 1. The van der Waals surface area contributed by atoms with Crippen molar-refractivity contribution >= 4 is 86.1 Å². The zero-order valence-electron chi connectivity index (χ0n) is 35.0. The molecule has 0 saturated heterocycles. The lowest BCUT2D eigenvalue weighted by Gasteiger charge is -2.28. The second-order valence-electron chi connectivity index (χ2n) is 15.3. The molecular formula is C38H46FN6O14PS3. The third kappa shape index (κ3) is 15.3. The summed E-state index contributed by atoms with van der Waals surface area (Å²) < 4.78 is 59.2. The van der Waals surface area contributed by atoms with E-state index in [0.717, 1.165) is 43.2 Å². The van der Waals surface area contributed by atoms with Crippen LogP contribution in [0.15, 0.2) is 40.2 Å². The first-order valence-electron chi connectivity index (χ1n) is 18.5. The molecule has 0 spiro atoms. The van der Waals surface area contributed by atoms with Crippen LogP contribution in [0.2, 0.25) is 0 Å². The highest BCUT2D eigenvalue weighted by atomic mass is 32.2. The molecule has 0 bridgehead atoms. The molecule has 2 aromatic carbocycles. The van der Waals surface area contributed by atoms with Crippen molar-refractivity contribution in [3.05, 3.63) is 62.5 Å². The number of carboxylic acid groups (broad SMARTS) is 1. The summed E-state index contributed by atoms with van der Waals surface area (Å²) in [5.74, 6) is -1.86. The Bertz CT molecular complexity index is 2530. The molecule has 25 heteroatoms. The number of hydrogen-bond acceptors (Lipinski definition) is 16. The Morgan fingerprint density at radius 1 is 1.19 bits per heavy atom. The Kier molecular flexibility index (Phi) is 18.2. The number of nitrogens with one attached hydrogen (secondary N) is 1. The van der Waals surface area contributed by atoms with Crippen LogP contribution in [0.1, 0.15) is 49.3 Å². The van der Waals surface area contributed by atoms with Crippen LogP contribution in [0.25, 0.3) is 0 Å². The average Bonchev–Trinajstić information content (AvgIpc) is 3.66. The van der Waals surface area contributed by atoms with Gasteiger partial charge in [0.2, 0.25) is 4.80 Å². The van der Waals surface area contributed by atoms with Gasteiger partial charge in [0.25, 0.3) is 11.6 Å². The van der Waals surface area contributed by atoms with Gasteiger partial charge in [-0.25, -0.2) is 17.8 Å². The number of carboxylic acids is 1. The second-order valence-corrected chi connectivity index (χ2v) is 22.1. The van der Waals surface area contributed by atoms with Crippen molar-refractivity contribution in [1.29, 1.82) is 0 Å². The normalized spacial score (nSPS) is 16.7. The van der Waals surface area contributed by atoms with Gasteiger partial charge in [-0.05, 0) is 40.9 Å². The fourth-order valence-corrected chi connectivity index (χ4v) is 7.80. The Morgan fingerprint density at radius 2 is 1.81 bits per heavy atom. The van der Waals surface area contributed by atoms with Crippen molar-refractivity contribution < 1.29 is 65.9 Å². The minimum atomic E-state index is -4.35. The first-order chi connectivity index (χ1) is 29.1. The molecule has 63 heavy (non-hydrogen) atoms. The van der Waals surface area contributed by atoms with Gasteiger partial charge >= 0.3 is 5.97 Å². The van der Waals surface area contributed by atoms with Crippen LogP contribution in [-0.4, -0.2) is 113 Å². The van der Waals surface area contributed by atoms with Gasteiger partial charge in [-0.1, -0.05) is 19.8 Å². The highest BCUT2D eigenvalue weighted by molar-refractivity contribution is 7.94. The predicted molar refractivity (Wildman–Crippen MR) is 229 cm³/mol. The molecule has 3 heterocycles. The number of nitro groups is 1. The number of carbonyl (C=O) groups is 5. The maximum Gasteiger partial charge on any atom is 0.317 e. The first kappa shape index (κ1) is 52.2. The van der Waals surface area contributed by atoms with Crippen molar-refractivity contribution in [2.24, 2.45) is 16.3 Å². The van der Waals surface area contributed by atoms with Crippen LogP contribution in [0.4, 0.5) is 21.5 Å². The van der Waals surface area contributed by atoms with Crippen LogP contribution in [0.3, 0.4) is 0 Å². The van der Waals surface area contributed by atoms with Crippen molar-refractivity contribution in [2.45, 2.75) is 51.0 Å². The largest absolute Gasteiger partial charge is 0.778 e. The van der Waals surface area contributed by atoms with E-state index in [0.29, 0.717) is 33.6 Å². The number of rotatable bonds is 10. The van der Waals surface area contributed by atoms with E-state index in [4.69, 9.17) is 21.2 Å². The third-order valence-electron chi connectivity index (χ3n) is 8.63. The highest BCUT2D eigenvalue weighted by Crippen LogP contribution is 2.38. The van der Waals surface area contributed by atoms with Crippen LogP contribution in [0, 0.1) is 39.6 Å². The number of ether oxygens (including phenoxy) is 1. The van der Waals surface area contributed by atoms with E-state index in [2.05, 4.69) is 47.9 Å². The number of anilines is 1. The SMILES string of the molecule is C#CCN1C(=O)COc2cc(F)c(N=c3snc4n3CC(C)(C)C4)cc21.CS(=O)(=O)c1ccc(C(=O)C2C(=O)CCCC2=O)c([N+](=O)[O-])c1.C[S+](C)C.O=C(O)CNCP(=O)([O-])O. The summed E-state index contributed by atoms with van der Waals surface area (Å²) in [6, 6.07) is 5.55. The lowest BCUT2D eigenvalue weighted by atomic mass is 9.81. The Balaban J connectivity index is 0.000000261. The van der Waals surface area contributed by atoms with Gasteiger partial charge in [0.1, 0.15) is 30.8 Å². The van der Waals surface area contributed by atoms with Gasteiger partial charge in [-0.15, -0.1) is 6.42 Å². The van der Waals surface area contributed by atoms with Crippen molar-refractivity contribution in [3.8, 4) is 18.1 Å². The van der Waals surface area contributed by atoms with Crippen molar-refractivity contribution in [1.82, 2.24) is 14.3 Å². The lowest BCUT2D eigenvalue weighted by molar-refractivity contribution is -0.385. The number of halogens is 1. The summed E-state index contributed by atoms with van der Waals surface area (Å²) >= 11 is 1.24. The van der Waals surface area contributed by atoms with E-state index >= 15 is 0 Å². The molecule has 3 aromatic rings. The summed E-state index contributed by atoms with van der Waals surface area (Å²) in [5.41, 5.74) is -0.489. The fourth-order valence-electron chi connectivity index (χ4n) is 6.00. The summed E-state index contributed by atoms with van der Waals surface area (Å²) in [4.78, 5) is 92.3. The molecule has 1 amide bonds. The number of carbonyl (C=O) groups excluding carboxylic acids is 4. The minimum Gasteiger partial charge on any atom is -0.778 e. The van der Waals surface area contributed by atoms with Gasteiger partial charge in [0.15, 0.2) is 39.6 Å². The van der Waals surface area contributed by atoms with E-state index in [1.807, 2.05) is 9.88 Å². The zero-order valence-corrected chi connectivity index (χ0v) is 38.3. The van der Waals surface area contributed by atoms with Crippen molar-refractivity contribution in [3.63, 3.8) is 0 Å². The first-order valence-corrected chi connectivity index (χ1v) is 25.4. The molecule has 1 fully saturated rings. The standard InChI is InChI=1S/C18H17FN4O2S.C14H13NO7S.C3H8NO5P.C3H9S/c1-4-5-22-13-7-12(11(19)6-14(13)25-9-16(22)24)20-17-23-10-18(2,3)8-15(23)21-26-17;1-23(21,22)8-5-6-9(10(7-8)15(19)20)14(18)13-11(16)3-2-4-12(13)17;5-3(6)1-4-2-10(7,8)9;1-4(2)3/h1,6-7H,5,8-10H2,2-3H3;5-7,13H,2-4H2,1H3;4H,1-2H2,(H,5,6)(H2,7,8,9);1-3H3/q;;;+1/p-1. The Hall–Kier alpha value is -5.15. The van der Waals surface area contributed by atoms with Gasteiger partial charge in [-0.3, -0.25) is 44.3 Å². The fraction of sp³-hybridized carbons (Fsp3) is 0.447. The van der Waals surface area contributed by atoms with Gasteiger partial charge < -0.3 is 28.8 Å². The highest BCUT2D eigenvalue weighted by Gasteiger charge is 2.39. The molecule has 2 aliphatic heterocycles. The number of amides is 1. The van der Waals surface area contributed by atoms with Crippen LogP contribution in [-0.2, 0) is 57.4 Å². The molecule has 3 N–H and O–H groups in total. The van der Waals surface area contributed by atoms with Crippen LogP contribution in [0.5, 0.6) is 5.75 Å². The number of nitrogens with zero attached hydrogens (tertiary/aromatic N) is 5. The van der Waals surface area contributed by atoms with Crippen LogP contribution < -0.4 is 24.6 Å². The number of ketones is 3. The van der Waals surface area contributed by atoms with Crippen LogP contribution >= 0.6 is 19.1 Å². The van der Waals surface area contributed by atoms with Gasteiger partial charge in [0.05, 0.1) is 59.2 Å². The molecule has 342 valence electrons. The molecule has 6 rings (SSSR count). The minimum absolute atomic E-state index is 0.0668. The number of fused-ring (bicyclic) bond motifs is 2. The smallest absolute Gasteiger partial charge is 0.317 e. The molecular weight excluding hydrogens is 911 g/mol.